The van der Waals surface area contributed by atoms with Gasteiger partial charge in [-0.1, -0.05) is 67.2 Å². The molecule has 1 saturated carbocycles. The van der Waals surface area contributed by atoms with E-state index in [-0.39, 0.29) is 54.3 Å². The molecular weight excluding hydrogens is 1040 g/mol. The number of aryl methyl sites for hydroxylation is 1. The summed E-state index contributed by atoms with van der Waals surface area (Å²) in [6.45, 7) is 17.5. The minimum absolute atomic E-state index is 0.0895. The molecule has 4 aliphatic heterocycles. The van der Waals surface area contributed by atoms with E-state index in [1.165, 1.54) is 0 Å². The lowest BCUT2D eigenvalue weighted by atomic mass is 9.83. The molecule has 2 amide bonds. The van der Waals surface area contributed by atoms with Crippen LogP contribution in [-0.2, 0) is 14.3 Å². The van der Waals surface area contributed by atoms with Gasteiger partial charge in [0.1, 0.15) is 17.7 Å². The van der Waals surface area contributed by atoms with Crippen molar-refractivity contribution in [2.45, 2.75) is 141 Å². The summed E-state index contributed by atoms with van der Waals surface area (Å²) in [6.07, 6.45) is 12.7. The van der Waals surface area contributed by atoms with Crippen LogP contribution in [0.2, 0.25) is 0 Å². The van der Waals surface area contributed by atoms with Crippen molar-refractivity contribution in [3.63, 3.8) is 0 Å². The number of aromatic hydroxyl groups is 1. The average molecular weight is 1120 g/mol. The minimum atomic E-state index is -0.798. The summed E-state index contributed by atoms with van der Waals surface area (Å²) in [6, 6.07) is 18.6. The highest BCUT2D eigenvalue weighted by Crippen LogP contribution is 2.38. The van der Waals surface area contributed by atoms with Gasteiger partial charge >= 0.3 is 0 Å². The number of aliphatic hydroxyl groups excluding tert-OH is 1. The molecule has 4 aromatic heterocycles. The van der Waals surface area contributed by atoms with E-state index in [1.54, 1.807) is 40.5 Å². The van der Waals surface area contributed by atoms with Gasteiger partial charge in [0.2, 0.25) is 11.8 Å². The number of amides is 2. The number of thiazole rings is 1. The summed E-state index contributed by atoms with van der Waals surface area (Å²) in [5.74, 6) is 7.81. The minimum Gasteiger partial charge on any atom is -0.507 e. The van der Waals surface area contributed by atoms with Crippen LogP contribution in [-0.4, -0.2) is 150 Å². The van der Waals surface area contributed by atoms with Crippen molar-refractivity contribution in [3.05, 3.63) is 107 Å². The number of rotatable bonds is 16. The van der Waals surface area contributed by atoms with Crippen LogP contribution < -0.4 is 16.0 Å². The van der Waals surface area contributed by atoms with Crippen molar-refractivity contribution in [2.75, 3.05) is 63.0 Å². The van der Waals surface area contributed by atoms with Crippen LogP contribution >= 0.6 is 11.3 Å². The average Bonchev–Trinajstić information content (AvgIpc) is 4.31. The Hall–Kier alpha value is -6.69. The third-order valence-corrected chi connectivity index (χ3v) is 19.0. The Kier molecular flexibility index (Phi) is 17.2. The molecule has 6 aromatic rings. The number of hydrogen-bond acceptors (Lipinski definition) is 16. The molecule has 5 atom stereocenters. The van der Waals surface area contributed by atoms with Gasteiger partial charge in [0.25, 0.3) is 0 Å². The molecule has 8 heterocycles. The first-order valence-electron chi connectivity index (χ1n) is 29.3. The summed E-state index contributed by atoms with van der Waals surface area (Å²) in [5, 5.41) is 41.6. The van der Waals surface area contributed by atoms with Gasteiger partial charge in [0, 0.05) is 69.6 Å². The maximum atomic E-state index is 14.4. The molecule has 0 radical (unpaired) electrons. The standard InChI is InChI=1S/C62H78N12O6S/c1-38(2)58(62(78)73-36-49(75)31-54(73)61(77)66-39(3)44-12-14-46(15-13-44)59-40(4)64-37-81-59)56-32-57(69-80-56)72-24-16-42(17-25-72)34-70-22-20-50(21-23-70)79-51-29-48(30-51)71-26-18-45(19-27-71)41(5)74-35-43(33-65-74)10-11-47-28-53(67-68-60(47)63)52-8-6-7-9-55(52)76/h6-9,12-15,28,32-33,35,37-39,41-42,45,48-51,54,58,75-76H,16-27,29-31,34,36H2,1-5H3,(H2,63,68)(H,66,77)/t39-,41+,48?,49+,51?,54-,58+/m0/s1. The Bertz CT molecular complexity index is 3170. The van der Waals surface area contributed by atoms with E-state index in [1.807, 2.05) is 82.0 Å². The number of benzene rings is 2. The first kappa shape index (κ1) is 56.2. The number of nitrogen functional groups attached to an aromatic ring is 1. The molecule has 0 spiro atoms. The number of aliphatic hydroxyl groups is 1. The van der Waals surface area contributed by atoms with Gasteiger partial charge in [-0.15, -0.1) is 21.5 Å². The number of nitrogens with zero attached hydrogens (tertiary/aromatic N) is 10. The number of nitrogens with one attached hydrogen (secondary N) is 1. The number of carbonyl (C=O) groups is 2. The normalized spacial score (nSPS) is 22.8. The summed E-state index contributed by atoms with van der Waals surface area (Å²) in [4.78, 5) is 42.9. The first-order chi connectivity index (χ1) is 39.2. The maximum absolute atomic E-state index is 14.4. The Morgan fingerprint density at radius 3 is 2.37 bits per heavy atom. The van der Waals surface area contributed by atoms with E-state index in [0.29, 0.717) is 52.7 Å². The molecule has 19 heteroatoms. The van der Waals surface area contributed by atoms with Crippen LogP contribution in [0.15, 0.2) is 83.1 Å². The Labute approximate surface area is 479 Å². The van der Waals surface area contributed by atoms with Crippen LogP contribution in [0.4, 0.5) is 11.6 Å². The molecule has 0 unspecified atom stereocenters. The molecule has 2 aromatic carbocycles. The van der Waals surface area contributed by atoms with Gasteiger partial charge in [0.15, 0.2) is 17.4 Å². The monoisotopic (exact) mass is 1120 g/mol. The Morgan fingerprint density at radius 1 is 0.901 bits per heavy atom. The molecule has 0 bridgehead atoms. The number of nitrogens with two attached hydrogens (primary N) is 1. The number of para-hydroxylation sites is 1. The number of phenolic OH excluding ortho intramolecular Hbond substituents is 1. The number of aromatic nitrogens is 6. The van der Waals surface area contributed by atoms with E-state index in [9.17, 15) is 19.8 Å². The number of likely N-dealkylation sites (tertiary alicyclic amines) is 3. The van der Waals surface area contributed by atoms with Crippen molar-refractivity contribution in [1.82, 2.24) is 50.1 Å². The van der Waals surface area contributed by atoms with Gasteiger partial charge in [0.05, 0.1) is 69.5 Å². The Morgan fingerprint density at radius 2 is 1.65 bits per heavy atom. The van der Waals surface area contributed by atoms with E-state index in [0.717, 1.165) is 130 Å². The molecule has 428 valence electrons. The van der Waals surface area contributed by atoms with Gasteiger partial charge in [-0.25, -0.2) is 4.98 Å². The molecule has 5 N–H and O–H groups in total. The zero-order chi connectivity index (χ0) is 56.3. The van der Waals surface area contributed by atoms with E-state index in [2.05, 4.69) is 63.8 Å². The van der Waals surface area contributed by atoms with Crippen molar-refractivity contribution in [1.29, 1.82) is 0 Å². The second kappa shape index (κ2) is 24.8. The van der Waals surface area contributed by atoms with Crippen molar-refractivity contribution in [3.8, 4) is 39.3 Å². The van der Waals surface area contributed by atoms with Crippen molar-refractivity contribution < 1.29 is 29.1 Å². The van der Waals surface area contributed by atoms with Crippen LogP contribution in [0.25, 0.3) is 21.7 Å². The predicted octanol–water partition coefficient (Wildman–Crippen LogP) is 8.23. The largest absolute Gasteiger partial charge is 0.507 e. The zero-order valence-corrected chi connectivity index (χ0v) is 48.2. The molecule has 5 aliphatic rings. The summed E-state index contributed by atoms with van der Waals surface area (Å²) in [7, 11) is 0. The van der Waals surface area contributed by atoms with Crippen LogP contribution in [0.3, 0.4) is 0 Å². The molecule has 18 nitrogen and oxygen atoms in total. The zero-order valence-electron chi connectivity index (χ0n) is 47.4. The second-order valence-electron chi connectivity index (χ2n) is 23.8. The van der Waals surface area contributed by atoms with Crippen molar-refractivity contribution >= 4 is 34.8 Å². The lowest BCUT2D eigenvalue weighted by Gasteiger charge is -2.47. The fourth-order valence-electron chi connectivity index (χ4n) is 12.9. The molecule has 1 aliphatic carbocycles. The quantitative estimate of drug-likeness (QED) is 0.0672. The van der Waals surface area contributed by atoms with Crippen LogP contribution in [0.5, 0.6) is 5.75 Å². The van der Waals surface area contributed by atoms with E-state index < -0.39 is 18.1 Å². The van der Waals surface area contributed by atoms with E-state index >= 15 is 0 Å². The van der Waals surface area contributed by atoms with Gasteiger partial charge in [-0.3, -0.25) is 14.3 Å². The number of carbonyl (C=O) groups excluding carboxylic acids is 2. The van der Waals surface area contributed by atoms with Crippen LogP contribution in [0, 0.1) is 36.5 Å². The number of piperidine rings is 3. The topological polar surface area (TPSA) is 217 Å². The van der Waals surface area contributed by atoms with Crippen molar-refractivity contribution in [2.24, 2.45) is 17.8 Å². The highest BCUT2D eigenvalue weighted by atomic mass is 32.1. The second-order valence-corrected chi connectivity index (χ2v) is 24.6. The molecular formula is C62H78N12O6S. The summed E-state index contributed by atoms with van der Waals surface area (Å²) in [5.41, 5.74) is 13.4. The number of ether oxygens (including phenoxy) is 1. The number of phenols is 1. The highest BCUT2D eigenvalue weighted by molar-refractivity contribution is 7.13. The molecule has 81 heavy (non-hydrogen) atoms. The lowest BCUT2D eigenvalue weighted by Crippen LogP contribution is -2.52. The smallest absolute Gasteiger partial charge is 0.243 e. The van der Waals surface area contributed by atoms with E-state index in [4.69, 9.17) is 20.1 Å². The van der Waals surface area contributed by atoms with Crippen LogP contribution in [0.1, 0.15) is 132 Å². The molecule has 11 rings (SSSR count). The molecule has 5 fully saturated rings. The third kappa shape index (κ3) is 12.9. The highest BCUT2D eigenvalue weighted by Gasteiger charge is 2.44. The molecule has 4 saturated heterocycles. The predicted molar refractivity (Wildman–Crippen MR) is 312 cm³/mol. The van der Waals surface area contributed by atoms with Gasteiger partial charge in [-0.2, -0.15) is 5.10 Å². The number of hydrogen-bond donors (Lipinski definition) is 4. The first-order valence-corrected chi connectivity index (χ1v) is 30.2. The number of anilines is 2. The van der Waals surface area contributed by atoms with Gasteiger partial charge in [-0.05, 0) is 132 Å². The SMILES string of the molecule is Cc1ncsc1-c1ccc([C@H](C)NC(=O)[C@@H]2C[C@@H](O)CN2C(=O)[C@@H](c2cc(N3CCC(CN4CCC(OC5CC(N6CCC([C@@H](C)n7cc(C#Cc8cc(-c9ccccc9O)nnc8N)cn7)CC6)C5)CC4)CC3)no2)C(C)C)cc1. The Balaban J connectivity index is 0.580. The third-order valence-electron chi connectivity index (χ3n) is 18.0. The van der Waals surface area contributed by atoms with Gasteiger partial charge < -0.3 is 50.1 Å². The lowest BCUT2D eigenvalue weighted by molar-refractivity contribution is -0.141. The maximum Gasteiger partial charge on any atom is 0.243 e. The number of β-amino-alcohol motifs (C(OH)–C–C–N with tert-alkyl or cyclic N) is 1. The fourth-order valence-corrected chi connectivity index (χ4v) is 13.7. The summed E-state index contributed by atoms with van der Waals surface area (Å²) < 4.78 is 14.7. The fraction of sp³-hybridized carbons (Fsp3) is 0.532. The summed E-state index contributed by atoms with van der Waals surface area (Å²) >= 11 is 1.60.